The molecule has 37 heavy (non-hydrogen) atoms. The first-order chi connectivity index (χ1) is 17.8. The van der Waals surface area contributed by atoms with E-state index in [0.29, 0.717) is 42.9 Å². The Labute approximate surface area is 226 Å². The highest BCUT2D eigenvalue weighted by Crippen LogP contribution is 2.39. The normalized spacial score (nSPS) is 15.2. The van der Waals surface area contributed by atoms with Gasteiger partial charge in [0.15, 0.2) is 16.7 Å². The van der Waals surface area contributed by atoms with Crippen LogP contribution in [0.5, 0.6) is 11.5 Å². The zero-order valence-corrected chi connectivity index (χ0v) is 22.2. The second kappa shape index (κ2) is 11.3. The Morgan fingerprint density at radius 1 is 1.22 bits per heavy atom. The molecular formula is C27H20BrN3O5S. The van der Waals surface area contributed by atoms with E-state index in [1.807, 2.05) is 12.1 Å². The molecular weight excluding hydrogens is 558 g/mol. The van der Waals surface area contributed by atoms with Crippen LogP contribution in [0, 0.1) is 11.3 Å². The van der Waals surface area contributed by atoms with Crippen molar-refractivity contribution >= 4 is 56.5 Å². The van der Waals surface area contributed by atoms with E-state index in [1.54, 1.807) is 49.5 Å². The smallest absolute Gasteiger partial charge is 0.335 e. The first-order valence-corrected chi connectivity index (χ1v) is 12.5. The van der Waals surface area contributed by atoms with E-state index in [9.17, 15) is 20.0 Å². The molecule has 3 aromatic carbocycles. The lowest BCUT2D eigenvalue weighted by molar-refractivity contribution is -0.121. The van der Waals surface area contributed by atoms with E-state index in [0.717, 1.165) is 5.56 Å². The summed E-state index contributed by atoms with van der Waals surface area (Å²) in [6, 6.07) is 19.1. The van der Waals surface area contributed by atoms with E-state index >= 15 is 0 Å². The summed E-state index contributed by atoms with van der Waals surface area (Å²) in [5, 5.41) is 18.9. The second-order valence-electron chi connectivity index (χ2n) is 7.82. The van der Waals surface area contributed by atoms with E-state index in [1.165, 1.54) is 35.9 Å². The maximum absolute atomic E-state index is 12.9. The largest absolute Gasteiger partial charge is 0.493 e. The van der Waals surface area contributed by atoms with Gasteiger partial charge in [-0.3, -0.25) is 9.69 Å². The van der Waals surface area contributed by atoms with E-state index in [-0.39, 0.29) is 18.1 Å². The fourth-order valence-corrected chi connectivity index (χ4v) is 5.05. The number of carboxylic acid groups (broad SMARTS) is 1. The maximum atomic E-state index is 12.9. The van der Waals surface area contributed by atoms with Gasteiger partial charge in [-0.2, -0.15) is 5.26 Å². The minimum Gasteiger partial charge on any atom is -0.493 e. The predicted molar refractivity (Wildman–Crippen MR) is 145 cm³/mol. The highest BCUT2D eigenvalue weighted by molar-refractivity contribution is 9.10. The number of carboxylic acids is 1. The molecule has 0 saturated carbocycles. The molecule has 1 saturated heterocycles. The van der Waals surface area contributed by atoms with Crippen molar-refractivity contribution in [2.45, 2.75) is 6.61 Å². The van der Waals surface area contributed by atoms with E-state index in [4.69, 9.17) is 9.47 Å². The molecule has 1 amide bonds. The van der Waals surface area contributed by atoms with Crippen molar-refractivity contribution < 1.29 is 24.2 Å². The summed E-state index contributed by atoms with van der Waals surface area (Å²) in [4.78, 5) is 30.4. The molecule has 0 atom stereocenters. The Kier molecular flexibility index (Phi) is 7.96. The van der Waals surface area contributed by atoms with Crippen molar-refractivity contribution in [1.82, 2.24) is 4.90 Å². The minimum atomic E-state index is -1.05. The number of rotatable bonds is 7. The Bertz CT molecular complexity index is 1500. The van der Waals surface area contributed by atoms with Gasteiger partial charge in [-0.05, 0) is 75.7 Å². The van der Waals surface area contributed by atoms with Crippen molar-refractivity contribution in [3.63, 3.8) is 0 Å². The Morgan fingerprint density at radius 2 is 2.00 bits per heavy atom. The number of nitriles is 1. The van der Waals surface area contributed by atoms with Crippen LogP contribution >= 0.6 is 27.7 Å². The summed E-state index contributed by atoms with van der Waals surface area (Å²) in [6.45, 7) is 0.182. The van der Waals surface area contributed by atoms with Gasteiger partial charge >= 0.3 is 5.97 Å². The van der Waals surface area contributed by atoms with Gasteiger partial charge in [0.1, 0.15) is 6.61 Å². The summed E-state index contributed by atoms with van der Waals surface area (Å²) in [5.41, 5.74) is 2.54. The molecule has 1 N–H and O–H groups in total. The monoisotopic (exact) mass is 577 g/mol. The van der Waals surface area contributed by atoms with Crippen LogP contribution < -0.4 is 9.47 Å². The van der Waals surface area contributed by atoms with Crippen molar-refractivity contribution in [3.05, 3.63) is 92.3 Å². The van der Waals surface area contributed by atoms with Crippen LogP contribution in [0.25, 0.3) is 6.08 Å². The number of aliphatic imine (C=N–C) groups is 1. The fraction of sp³-hybridized carbons (Fsp3) is 0.111. The van der Waals surface area contributed by atoms with Crippen molar-refractivity contribution in [2.75, 3.05) is 14.2 Å². The van der Waals surface area contributed by atoms with Gasteiger partial charge in [0.05, 0.1) is 39.4 Å². The highest BCUT2D eigenvalue weighted by Gasteiger charge is 2.30. The number of benzene rings is 3. The molecule has 0 spiro atoms. The third-order valence-corrected chi connectivity index (χ3v) is 7.03. The summed E-state index contributed by atoms with van der Waals surface area (Å²) in [6.07, 6.45) is 1.72. The third kappa shape index (κ3) is 5.85. The van der Waals surface area contributed by atoms with Gasteiger partial charge in [-0.1, -0.05) is 24.3 Å². The molecule has 0 unspecified atom stereocenters. The van der Waals surface area contributed by atoms with Crippen molar-refractivity contribution in [3.8, 4) is 17.6 Å². The number of aromatic carboxylic acids is 1. The average molecular weight is 578 g/mol. The number of hydrogen-bond donors (Lipinski definition) is 1. The molecule has 0 bridgehead atoms. The number of carbonyl (C=O) groups excluding carboxylic acids is 1. The number of amidine groups is 1. The number of ether oxygens (including phenoxy) is 2. The standard InChI is InChI=1S/C27H20BrN3O5S/c1-31-25(32)23(37-27(31)30-20-9-5-8-17(13-20)26(33)34)12-16-10-21(28)24(22(11-16)35-2)36-15-19-7-4-3-6-18(19)14-29/h3-13H,15H2,1-2H3,(H,33,34)/b23-12+,30-27?. The molecule has 0 aromatic heterocycles. The maximum Gasteiger partial charge on any atom is 0.335 e. The van der Waals surface area contributed by atoms with Gasteiger partial charge in [0.2, 0.25) is 0 Å². The molecule has 1 aliphatic rings. The number of methoxy groups -OCH3 is 1. The summed E-state index contributed by atoms with van der Waals surface area (Å²) >= 11 is 4.71. The van der Waals surface area contributed by atoms with Crippen LogP contribution in [-0.2, 0) is 11.4 Å². The average Bonchev–Trinajstić information content (AvgIpc) is 3.15. The number of carbonyl (C=O) groups is 2. The summed E-state index contributed by atoms with van der Waals surface area (Å²) < 4.78 is 12.1. The molecule has 4 rings (SSSR count). The zero-order chi connectivity index (χ0) is 26.5. The lowest BCUT2D eigenvalue weighted by atomic mass is 10.1. The highest BCUT2D eigenvalue weighted by atomic mass is 79.9. The topological polar surface area (TPSA) is 112 Å². The van der Waals surface area contributed by atoms with Gasteiger partial charge in [-0.25, -0.2) is 9.79 Å². The van der Waals surface area contributed by atoms with Crippen LogP contribution in [0.15, 0.2) is 75.0 Å². The zero-order valence-electron chi connectivity index (χ0n) is 19.8. The second-order valence-corrected chi connectivity index (χ2v) is 9.68. The quantitative estimate of drug-likeness (QED) is 0.351. The number of thioether (sulfide) groups is 1. The lowest BCUT2D eigenvalue weighted by Gasteiger charge is -2.14. The van der Waals surface area contributed by atoms with Crippen LogP contribution in [0.4, 0.5) is 5.69 Å². The van der Waals surface area contributed by atoms with Crippen molar-refractivity contribution in [2.24, 2.45) is 4.99 Å². The van der Waals surface area contributed by atoms with Crippen molar-refractivity contribution in [1.29, 1.82) is 5.26 Å². The fourth-order valence-electron chi connectivity index (χ4n) is 3.49. The summed E-state index contributed by atoms with van der Waals surface area (Å²) in [7, 11) is 3.14. The van der Waals surface area contributed by atoms with Crippen LogP contribution in [0.1, 0.15) is 27.0 Å². The number of amides is 1. The predicted octanol–water partition coefficient (Wildman–Crippen LogP) is 5.84. The van der Waals surface area contributed by atoms with Crippen LogP contribution in [0.3, 0.4) is 0 Å². The minimum absolute atomic E-state index is 0.116. The van der Waals surface area contributed by atoms with Crippen LogP contribution in [0.2, 0.25) is 0 Å². The molecule has 3 aromatic rings. The third-order valence-electron chi connectivity index (χ3n) is 5.38. The van der Waals surface area contributed by atoms with E-state index < -0.39 is 5.97 Å². The first kappa shape index (κ1) is 26.0. The summed E-state index contributed by atoms with van der Waals surface area (Å²) in [5.74, 6) is -0.353. The van der Waals surface area contributed by atoms with Crippen LogP contribution in [-0.4, -0.2) is 41.2 Å². The number of likely N-dealkylation sites (N-methyl/N-ethyl adjacent to an activating group) is 1. The van der Waals surface area contributed by atoms with E-state index in [2.05, 4.69) is 27.0 Å². The lowest BCUT2D eigenvalue weighted by Crippen LogP contribution is -2.23. The molecule has 0 aliphatic carbocycles. The Balaban J connectivity index is 1.58. The number of hydrogen-bond acceptors (Lipinski definition) is 7. The Hall–Kier alpha value is -4.07. The van der Waals surface area contributed by atoms with Gasteiger partial charge < -0.3 is 14.6 Å². The molecule has 186 valence electrons. The molecule has 0 radical (unpaired) electrons. The SMILES string of the molecule is COc1cc(/C=C2/SC(=Nc3cccc(C(=O)O)c3)N(C)C2=O)cc(Br)c1OCc1ccccc1C#N. The molecule has 1 aliphatic heterocycles. The molecule has 10 heteroatoms. The molecule has 1 heterocycles. The molecule has 8 nitrogen and oxygen atoms in total. The number of halogens is 1. The first-order valence-electron chi connectivity index (χ1n) is 10.9. The van der Waals surface area contributed by atoms with Gasteiger partial charge in [0.25, 0.3) is 5.91 Å². The Morgan fingerprint density at radius 3 is 2.73 bits per heavy atom. The van der Waals surface area contributed by atoms with Gasteiger partial charge in [0, 0.05) is 12.6 Å². The molecule has 1 fully saturated rings. The van der Waals surface area contributed by atoms with Gasteiger partial charge in [-0.15, -0.1) is 0 Å². The number of nitrogens with zero attached hydrogens (tertiary/aromatic N) is 3.